The number of nitrogens with zero attached hydrogens (tertiary/aromatic N) is 2. The Balaban J connectivity index is 2.19. The Morgan fingerprint density at radius 3 is 2.60 bits per heavy atom. The van der Waals surface area contributed by atoms with Gasteiger partial charge in [0.1, 0.15) is 0 Å². The third kappa shape index (κ3) is 3.18. The second-order valence-corrected chi connectivity index (χ2v) is 5.89. The van der Waals surface area contributed by atoms with Crippen LogP contribution in [0.5, 0.6) is 0 Å². The predicted octanol–water partition coefficient (Wildman–Crippen LogP) is 2.67. The van der Waals surface area contributed by atoms with Gasteiger partial charge in [-0.25, -0.2) is 0 Å². The Hall–Kier alpha value is -0.580. The fraction of sp³-hybridized carbons (Fsp3) is 0.800. The van der Waals surface area contributed by atoms with Crippen molar-refractivity contribution in [2.45, 2.75) is 58.2 Å². The van der Waals surface area contributed by atoms with Gasteiger partial charge in [-0.1, -0.05) is 18.5 Å². The number of likely N-dealkylation sites (N-methyl/N-ethyl adjacent to an activating group) is 1. The van der Waals surface area contributed by atoms with Crippen LogP contribution in [-0.4, -0.2) is 36.1 Å². The van der Waals surface area contributed by atoms with Crippen molar-refractivity contribution in [1.82, 2.24) is 15.1 Å². The molecule has 0 spiro atoms. The molecule has 1 saturated carbocycles. The largest absolute Gasteiger partial charge is 0.380 e. The summed E-state index contributed by atoms with van der Waals surface area (Å²) in [7, 11) is 3.81. The maximum atomic E-state index is 6.50. The molecule has 1 N–H and O–H groups in total. The van der Waals surface area contributed by atoms with Crippen LogP contribution in [0.15, 0.2) is 0 Å². The Morgan fingerprint density at radius 1 is 1.45 bits per heavy atom. The van der Waals surface area contributed by atoms with E-state index in [0.29, 0.717) is 5.92 Å². The number of halogens is 1. The van der Waals surface area contributed by atoms with E-state index in [1.807, 2.05) is 18.8 Å². The van der Waals surface area contributed by atoms with Crippen molar-refractivity contribution in [3.8, 4) is 0 Å². The van der Waals surface area contributed by atoms with E-state index in [1.165, 1.54) is 12.8 Å². The molecule has 2 atom stereocenters. The van der Waals surface area contributed by atoms with Crippen LogP contribution in [0.3, 0.4) is 0 Å². The standard InChI is InChI=1S/C15H26ClN3O/c1-5-11-14(16)13(19(6-2)18-11)9-12(17-3)15(20-4)10-7-8-10/h10,12,15,17H,5-9H2,1-4H3. The summed E-state index contributed by atoms with van der Waals surface area (Å²) in [4.78, 5) is 0. The number of aromatic nitrogens is 2. The molecule has 20 heavy (non-hydrogen) atoms. The first-order valence-corrected chi connectivity index (χ1v) is 7.98. The summed E-state index contributed by atoms with van der Waals surface area (Å²) in [5.41, 5.74) is 2.13. The lowest BCUT2D eigenvalue weighted by molar-refractivity contribution is 0.0528. The molecule has 0 radical (unpaired) electrons. The normalized spacial score (nSPS) is 18.2. The Kier molecular flexibility index (Phi) is 5.47. The molecule has 1 fully saturated rings. The molecule has 0 bridgehead atoms. The predicted molar refractivity (Wildman–Crippen MR) is 82.4 cm³/mol. The fourth-order valence-corrected chi connectivity index (χ4v) is 3.26. The van der Waals surface area contributed by atoms with Gasteiger partial charge >= 0.3 is 0 Å². The molecular formula is C15H26ClN3O. The van der Waals surface area contributed by atoms with Crippen molar-refractivity contribution in [3.05, 3.63) is 16.4 Å². The summed E-state index contributed by atoms with van der Waals surface area (Å²) >= 11 is 6.50. The molecule has 1 heterocycles. The van der Waals surface area contributed by atoms with E-state index >= 15 is 0 Å². The lowest BCUT2D eigenvalue weighted by atomic mass is 10.0. The number of hydrogen-bond acceptors (Lipinski definition) is 3. The highest BCUT2D eigenvalue weighted by Crippen LogP contribution is 2.36. The van der Waals surface area contributed by atoms with Crippen LogP contribution in [0.4, 0.5) is 0 Å². The number of nitrogens with one attached hydrogen (secondary N) is 1. The monoisotopic (exact) mass is 299 g/mol. The zero-order chi connectivity index (χ0) is 14.7. The lowest BCUT2D eigenvalue weighted by Gasteiger charge is -2.26. The molecule has 1 aromatic heterocycles. The van der Waals surface area contributed by atoms with E-state index in [4.69, 9.17) is 16.3 Å². The lowest BCUT2D eigenvalue weighted by Crippen LogP contribution is -2.42. The second-order valence-electron chi connectivity index (χ2n) is 5.51. The minimum Gasteiger partial charge on any atom is -0.380 e. The van der Waals surface area contributed by atoms with Gasteiger partial charge in [-0.05, 0) is 39.2 Å². The summed E-state index contributed by atoms with van der Waals surface area (Å²) in [5, 5.41) is 8.83. The van der Waals surface area contributed by atoms with Gasteiger partial charge in [0.2, 0.25) is 0 Å². The van der Waals surface area contributed by atoms with Gasteiger partial charge in [0.05, 0.1) is 22.5 Å². The smallest absolute Gasteiger partial charge is 0.0850 e. The van der Waals surface area contributed by atoms with E-state index in [9.17, 15) is 0 Å². The number of hydrogen-bond donors (Lipinski definition) is 1. The molecule has 1 aliphatic rings. The van der Waals surface area contributed by atoms with Crippen LogP contribution in [0.2, 0.25) is 5.02 Å². The summed E-state index contributed by atoms with van der Waals surface area (Å²) < 4.78 is 7.74. The molecule has 114 valence electrons. The maximum absolute atomic E-state index is 6.50. The third-order valence-electron chi connectivity index (χ3n) is 4.23. The number of methoxy groups -OCH3 is 1. The van der Waals surface area contributed by atoms with E-state index in [0.717, 1.165) is 35.8 Å². The van der Waals surface area contributed by atoms with Crippen LogP contribution in [0.25, 0.3) is 0 Å². The molecule has 0 aliphatic heterocycles. The fourth-order valence-electron chi connectivity index (χ4n) is 2.91. The first-order valence-electron chi connectivity index (χ1n) is 7.60. The van der Waals surface area contributed by atoms with Gasteiger partial charge in [-0.15, -0.1) is 0 Å². The highest BCUT2D eigenvalue weighted by molar-refractivity contribution is 6.31. The van der Waals surface area contributed by atoms with E-state index in [1.54, 1.807) is 0 Å². The van der Waals surface area contributed by atoms with Gasteiger partial charge in [-0.3, -0.25) is 4.68 Å². The molecule has 2 unspecified atom stereocenters. The van der Waals surface area contributed by atoms with Crippen LogP contribution in [-0.2, 0) is 24.1 Å². The molecule has 1 aliphatic carbocycles. The summed E-state index contributed by atoms with van der Waals surface area (Å²) in [6.45, 7) is 5.05. The van der Waals surface area contributed by atoms with Crippen LogP contribution >= 0.6 is 11.6 Å². The highest BCUT2D eigenvalue weighted by Gasteiger charge is 2.37. The van der Waals surface area contributed by atoms with Gasteiger partial charge in [0.15, 0.2) is 0 Å². The Morgan fingerprint density at radius 2 is 2.15 bits per heavy atom. The zero-order valence-electron chi connectivity index (χ0n) is 12.9. The molecule has 0 aromatic carbocycles. The van der Waals surface area contributed by atoms with E-state index < -0.39 is 0 Å². The van der Waals surface area contributed by atoms with Crippen LogP contribution in [0, 0.1) is 5.92 Å². The Labute approximate surface area is 126 Å². The van der Waals surface area contributed by atoms with E-state index in [2.05, 4.69) is 24.3 Å². The maximum Gasteiger partial charge on any atom is 0.0850 e. The zero-order valence-corrected chi connectivity index (χ0v) is 13.7. The quantitative estimate of drug-likeness (QED) is 0.802. The average Bonchev–Trinajstić information content (AvgIpc) is 3.25. The van der Waals surface area contributed by atoms with Gasteiger partial charge in [0, 0.05) is 26.1 Å². The van der Waals surface area contributed by atoms with Crippen molar-refractivity contribution in [1.29, 1.82) is 0 Å². The minimum atomic E-state index is 0.265. The molecule has 1 aromatic rings. The van der Waals surface area contributed by atoms with E-state index in [-0.39, 0.29) is 12.1 Å². The number of ether oxygens (including phenoxy) is 1. The van der Waals surface area contributed by atoms with Crippen LogP contribution in [0.1, 0.15) is 38.1 Å². The topological polar surface area (TPSA) is 39.1 Å². The van der Waals surface area contributed by atoms with Gasteiger partial charge in [0.25, 0.3) is 0 Å². The average molecular weight is 300 g/mol. The molecule has 5 heteroatoms. The minimum absolute atomic E-state index is 0.265. The Bertz CT molecular complexity index is 443. The van der Waals surface area contributed by atoms with Crippen molar-refractivity contribution < 1.29 is 4.74 Å². The van der Waals surface area contributed by atoms with Gasteiger partial charge < -0.3 is 10.1 Å². The SMILES string of the molecule is CCc1nn(CC)c(CC(NC)C(OC)C2CC2)c1Cl. The number of rotatable bonds is 8. The molecule has 2 rings (SSSR count). The molecule has 0 amide bonds. The third-order valence-corrected chi connectivity index (χ3v) is 4.67. The molecule has 0 saturated heterocycles. The summed E-state index contributed by atoms with van der Waals surface area (Å²) in [5.74, 6) is 0.694. The first kappa shape index (κ1) is 15.8. The highest BCUT2D eigenvalue weighted by atomic mass is 35.5. The van der Waals surface area contributed by atoms with Crippen LogP contribution < -0.4 is 5.32 Å². The summed E-state index contributed by atoms with van der Waals surface area (Å²) in [6, 6.07) is 0.289. The summed E-state index contributed by atoms with van der Waals surface area (Å²) in [6.07, 6.45) is 4.56. The second kappa shape index (κ2) is 6.92. The van der Waals surface area contributed by atoms with Crippen molar-refractivity contribution >= 4 is 11.6 Å². The van der Waals surface area contributed by atoms with Crippen molar-refractivity contribution in [2.75, 3.05) is 14.2 Å². The van der Waals surface area contributed by atoms with Gasteiger partial charge in [-0.2, -0.15) is 5.10 Å². The van der Waals surface area contributed by atoms with Crippen molar-refractivity contribution in [3.63, 3.8) is 0 Å². The molecule has 4 nitrogen and oxygen atoms in total. The van der Waals surface area contributed by atoms with Crippen molar-refractivity contribution in [2.24, 2.45) is 5.92 Å². The first-order chi connectivity index (χ1) is 9.65. The number of aryl methyl sites for hydroxylation is 2. The molecular weight excluding hydrogens is 274 g/mol.